The molecule has 2 aromatic carbocycles. The highest BCUT2D eigenvalue weighted by atomic mass is 16.5. The Bertz CT molecular complexity index is 819. The van der Waals surface area contributed by atoms with E-state index in [0.29, 0.717) is 25.2 Å². The maximum atomic E-state index is 12.5. The zero-order valence-electron chi connectivity index (χ0n) is 16.6. The molecule has 0 saturated heterocycles. The molecule has 0 aliphatic rings. The number of aromatic hydroxyl groups is 1. The van der Waals surface area contributed by atoms with E-state index in [9.17, 15) is 9.90 Å². The van der Waals surface area contributed by atoms with E-state index in [1.54, 1.807) is 18.2 Å². The number of carbonyl (C=O) groups excluding carboxylic acids is 1. The van der Waals surface area contributed by atoms with E-state index >= 15 is 0 Å². The van der Waals surface area contributed by atoms with Gasteiger partial charge in [-0.25, -0.2) is 0 Å². The lowest BCUT2D eigenvalue weighted by Gasteiger charge is -2.16. The number of ether oxygens (including phenoxy) is 2. The first-order valence-corrected chi connectivity index (χ1v) is 9.63. The quantitative estimate of drug-likeness (QED) is 0.313. The van der Waals surface area contributed by atoms with Gasteiger partial charge in [0.25, 0.3) is 0 Å². The van der Waals surface area contributed by atoms with Crippen molar-refractivity contribution in [2.24, 2.45) is 0 Å². The Hall–Kier alpha value is -3.01. The van der Waals surface area contributed by atoms with Crippen LogP contribution in [0.25, 0.3) is 6.08 Å². The largest absolute Gasteiger partial charge is 0.508 e. The summed E-state index contributed by atoms with van der Waals surface area (Å²) >= 11 is 0. The van der Waals surface area contributed by atoms with Crippen molar-refractivity contribution >= 4 is 11.9 Å². The fraction of sp³-hybridized carbons (Fsp3) is 0.292. The second-order valence-corrected chi connectivity index (χ2v) is 6.42. The lowest BCUT2D eigenvalue weighted by atomic mass is 10.0. The lowest BCUT2D eigenvalue weighted by molar-refractivity contribution is 0.104. The minimum atomic E-state index is -0.138. The van der Waals surface area contributed by atoms with Gasteiger partial charge in [0.05, 0.1) is 13.2 Å². The van der Waals surface area contributed by atoms with E-state index in [1.165, 1.54) is 18.2 Å². The van der Waals surface area contributed by atoms with E-state index in [0.717, 1.165) is 35.5 Å². The number of carbonyl (C=O) groups is 1. The van der Waals surface area contributed by atoms with Crippen molar-refractivity contribution in [1.82, 2.24) is 0 Å². The molecule has 1 N–H and O–H groups in total. The maximum Gasteiger partial charge on any atom is 0.185 e. The van der Waals surface area contributed by atoms with E-state index in [1.807, 2.05) is 18.2 Å². The number of phenols is 1. The van der Waals surface area contributed by atoms with Gasteiger partial charge >= 0.3 is 0 Å². The van der Waals surface area contributed by atoms with E-state index in [-0.39, 0.29) is 11.5 Å². The van der Waals surface area contributed by atoms with Crippen molar-refractivity contribution in [3.63, 3.8) is 0 Å². The second kappa shape index (κ2) is 11.0. The summed E-state index contributed by atoms with van der Waals surface area (Å²) in [6.07, 6.45) is 7.56. The first-order valence-electron chi connectivity index (χ1n) is 9.63. The van der Waals surface area contributed by atoms with Gasteiger partial charge in [0, 0.05) is 17.2 Å². The van der Waals surface area contributed by atoms with Crippen molar-refractivity contribution in [1.29, 1.82) is 0 Å². The van der Waals surface area contributed by atoms with Gasteiger partial charge in [0.2, 0.25) is 0 Å². The minimum absolute atomic E-state index is 0.132. The van der Waals surface area contributed by atoms with E-state index in [2.05, 4.69) is 20.4 Å². The summed E-state index contributed by atoms with van der Waals surface area (Å²) in [6.45, 7) is 9.17. The smallest absolute Gasteiger partial charge is 0.185 e. The Labute approximate surface area is 167 Å². The molecule has 0 bridgehead atoms. The monoisotopic (exact) mass is 380 g/mol. The van der Waals surface area contributed by atoms with Crippen LogP contribution >= 0.6 is 0 Å². The Morgan fingerprint density at radius 1 is 1.07 bits per heavy atom. The molecule has 0 atom stereocenters. The predicted molar refractivity (Wildman–Crippen MR) is 113 cm³/mol. The Balaban J connectivity index is 2.38. The third-order valence-corrected chi connectivity index (χ3v) is 4.07. The summed E-state index contributed by atoms with van der Waals surface area (Å²) in [7, 11) is 0. The summed E-state index contributed by atoms with van der Waals surface area (Å²) in [5.41, 5.74) is 2.36. The molecule has 28 heavy (non-hydrogen) atoms. The number of allylic oxidation sites excluding steroid dienone is 2. The van der Waals surface area contributed by atoms with Crippen LogP contribution in [0.15, 0.2) is 55.1 Å². The number of phenolic OH excluding ortho intramolecular Hbond substituents is 1. The molecular weight excluding hydrogens is 352 g/mol. The van der Waals surface area contributed by atoms with Crippen LogP contribution in [0, 0.1) is 0 Å². The van der Waals surface area contributed by atoms with Crippen LogP contribution in [0.3, 0.4) is 0 Å². The predicted octanol–water partition coefficient (Wildman–Crippen LogP) is 5.59. The fourth-order valence-electron chi connectivity index (χ4n) is 2.68. The van der Waals surface area contributed by atoms with Gasteiger partial charge in [-0.2, -0.15) is 0 Å². The molecule has 2 rings (SSSR count). The highest BCUT2D eigenvalue weighted by Gasteiger charge is 2.12. The number of benzene rings is 2. The van der Waals surface area contributed by atoms with Gasteiger partial charge in [-0.15, -0.1) is 6.58 Å². The first-order chi connectivity index (χ1) is 13.6. The Morgan fingerprint density at radius 3 is 2.39 bits per heavy atom. The molecule has 4 nitrogen and oxygen atoms in total. The zero-order valence-corrected chi connectivity index (χ0v) is 16.6. The van der Waals surface area contributed by atoms with Crippen LogP contribution in [0.4, 0.5) is 0 Å². The summed E-state index contributed by atoms with van der Waals surface area (Å²) in [4.78, 5) is 12.5. The molecule has 0 amide bonds. The Morgan fingerprint density at radius 2 is 1.75 bits per heavy atom. The molecule has 0 heterocycles. The second-order valence-electron chi connectivity index (χ2n) is 6.42. The SMILES string of the molecule is C=CCc1c(/C=C/C(=O)c2ccc(O)cc2)cc(OCCC)cc1OCCC. The molecule has 0 fully saturated rings. The van der Waals surface area contributed by atoms with Crippen molar-refractivity contribution in [2.75, 3.05) is 13.2 Å². The molecule has 0 spiro atoms. The van der Waals surface area contributed by atoms with Crippen molar-refractivity contribution in [3.8, 4) is 17.2 Å². The van der Waals surface area contributed by atoms with Crippen LogP contribution in [-0.4, -0.2) is 24.1 Å². The molecule has 0 aromatic heterocycles. The molecule has 148 valence electrons. The average molecular weight is 380 g/mol. The van der Waals surface area contributed by atoms with Crippen LogP contribution < -0.4 is 9.47 Å². The van der Waals surface area contributed by atoms with E-state index < -0.39 is 0 Å². The number of ketones is 1. The summed E-state index contributed by atoms with van der Waals surface area (Å²) < 4.78 is 11.7. The van der Waals surface area contributed by atoms with Gasteiger partial charge in [-0.3, -0.25) is 4.79 Å². The van der Waals surface area contributed by atoms with Gasteiger partial charge in [-0.05, 0) is 61.2 Å². The molecule has 2 aromatic rings. The first kappa shape index (κ1) is 21.3. The standard InChI is InChI=1S/C24H28O4/c1-4-7-22-19(10-13-23(26)18-8-11-20(25)12-9-18)16-21(27-14-5-2)17-24(22)28-15-6-3/h4,8-13,16-17,25H,1,5-7,14-15H2,2-3H3/b13-10+. The summed E-state index contributed by atoms with van der Waals surface area (Å²) in [5, 5.41) is 9.38. The van der Waals surface area contributed by atoms with Gasteiger partial charge in [-0.1, -0.05) is 26.0 Å². The van der Waals surface area contributed by atoms with Gasteiger partial charge in [0.1, 0.15) is 17.2 Å². The number of hydrogen-bond donors (Lipinski definition) is 1. The van der Waals surface area contributed by atoms with Crippen molar-refractivity contribution in [3.05, 3.63) is 71.8 Å². The van der Waals surface area contributed by atoms with Crippen LogP contribution in [0.5, 0.6) is 17.2 Å². The normalized spacial score (nSPS) is 10.8. The van der Waals surface area contributed by atoms with Crippen molar-refractivity contribution in [2.45, 2.75) is 33.1 Å². The third kappa shape index (κ3) is 6.02. The molecular formula is C24H28O4. The van der Waals surface area contributed by atoms with Crippen LogP contribution in [0.1, 0.15) is 48.2 Å². The molecule has 4 heteroatoms. The minimum Gasteiger partial charge on any atom is -0.508 e. The van der Waals surface area contributed by atoms with Gasteiger partial charge < -0.3 is 14.6 Å². The molecule has 0 saturated carbocycles. The highest BCUT2D eigenvalue weighted by molar-refractivity contribution is 6.07. The van der Waals surface area contributed by atoms with Crippen molar-refractivity contribution < 1.29 is 19.4 Å². The Kier molecular flexibility index (Phi) is 8.35. The summed E-state index contributed by atoms with van der Waals surface area (Å²) in [6, 6.07) is 10.0. The topological polar surface area (TPSA) is 55.8 Å². The number of hydrogen-bond acceptors (Lipinski definition) is 4. The van der Waals surface area contributed by atoms with E-state index in [4.69, 9.17) is 9.47 Å². The van der Waals surface area contributed by atoms with Gasteiger partial charge in [0.15, 0.2) is 5.78 Å². The average Bonchev–Trinajstić information content (AvgIpc) is 2.71. The fourth-order valence-corrected chi connectivity index (χ4v) is 2.68. The number of rotatable bonds is 11. The molecule has 0 aliphatic heterocycles. The van der Waals surface area contributed by atoms with Crippen LogP contribution in [-0.2, 0) is 6.42 Å². The molecule has 0 aliphatic carbocycles. The molecule has 0 radical (unpaired) electrons. The third-order valence-electron chi connectivity index (χ3n) is 4.07. The molecule has 0 unspecified atom stereocenters. The van der Waals surface area contributed by atoms with Crippen LogP contribution in [0.2, 0.25) is 0 Å². The zero-order chi connectivity index (χ0) is 20.4. The maximum absolute atomic E-state index is 12.5. The lowest BCUT2D eigenvalue weighted by Crippen LogP contribution is -2.03. The summed E-state index contributed by atoms with van der Waals surface area (Å²) in [5.74, 6) is 1.47. The highest BCUT2D eigenvalue weighted by Crippen LogP contribution is 2.31.